The predicted molar refractivity (Wildman–Crippen MR) is 119 cm³/mol. The number of benzene rings is 2. The molecule has 7 nitrogen and oxygen atoms in total. The maximum atomic E-state index is 14.3. The Morgan fingerprint density at radius 1 is 1.06 bits per heavy atom. The molecular weight excluding hydrogens is 452 g/mol. The molecule has 1 aliphatic carbocycles. The minimum Gasteiger partial charge on any atom is -0.710 e. The lowest BCUT2D eigenvalue weighted by molar-refractivity contribution is -0.586. The number of hydrogen-bond acceptors (Lipinski definition) is 4. The van der Waals surface area contributed by atoms with Gasteiger partial charge in [-0.1, -0.05) is 0 Å². The van der Waals surface area contributed by atoms with Crippen LogP contribution in [0.1, 0.15) is 18.5 Å². The number of aromatic nitrogens is 2. The highest BCUT2D eigenvalue weighted by atomic mass is 32.2. The number of aryl methyl sites for hydroxylation is 1. The number of hydrogen-bond donors (Lipinski definition) is 2. The number of aromatic amines is 1. The summed E-state index contributed by atoms with van der Waals surface area (Å²) in [6, 6.07) is 10.9. The lowest BCUT2D eigenvalue weighted by atomic mass is 10.0. The SMILES string of the molecule is Cc1cc(-c2cc(NS(=O)(=O)C3CC3)ccc2Oc2ccc(F)cc2F)c2cc[nH]c2[n+]1[O-]. The van der Waals surface area contributed by atoms with Crippen LogP contribution >= 0.6 is 0 Å². The fraction of sp³-hybridized carbons (Fsp3) is 0.174. The zero-order valence-corrected chi connectivity index (χ0v) is 18.2. The zero-order valence-electron chi connectivity index (χ0n) is 17.4. The van der Waals surface area contributed by atoms with Crippen molar-refractivity contribution in [2.24, 2.45) is 0 Å². The van der Waals surface area contributed by atoms with Gasteiger partial charge in [0.1, 0.15) is 17.3 Å². The Morgan fingerprint density at radius 3 is 2.55 bits per heavy atom. The Hall–Kier alpha value is -3.66. The quantitative estimate of drug-likeness (QED) is 0.313. The van der Waals surface area contributed by atoms with Gasteiger partial charge in [0, 0.05) is 22.9 Å². The van der Waals surface area contributed by atoms with Crippen LogP contribution < -0.4 is 14.2 Å². The van der Waals surface area contributed by atoms with Crippen LogP contribution in [-0.2, 0) is 10.0 Å². The molecule has 0 unspecified atom stereocenters. The van der Waals surface area contributed by atoms with E-state index in [0.717, 1.165) is 10.8 Å². The number of pyridine rings is 1. The number of halogens is 2. The van der Waals surface area contributed by atoms with Gasteiger partial charge < -0.3 is 9.94 Å². The zero-order chi connectivity index (χ0) is 23.3. The monoisotopic (exact) mass is 471 g/mol. The Morgan fingerprint density at radius 2 is 1.82 bits per heavy atom. The average molecular weight is 471 g/mol. The normalized spacial score (nSPS) is 13.9. The molecule has 33 heavy (non-hydrogen) atoms. The summed E-state index contributed by atoms with van der Waals surface area (Å²) in [5, 5.41) is 12.6. The summed E-state index contributed by atoms with van der Waals surface area (Å²) >= 11 is 0. The van der Waals surface area contributed by atoms with Gasteiger partial charge in [-0.25, -0.2) is 26.9 Å². The second-order valence-corrected chi connectivity index (χ2v) is 9.93. The maximum Gasteiger partial charge on any atom is 0.290 e. The van der Waals surface area contributed by atoms with Crippen LogP contribution in [0.2, 0.25) is 0 Å². The minimum absolute atomic E-state index is 0.194. The Bertz CT molecular complexity index is 1500. The number of nitrogens with zero attached hydrogens (tertiary/aromatic N) is 1. The van der Waals surface area contributed by atoms with Gasteiger partial charge in [-0.15, -0.1) is 0 Å². The van der Waals surface area contributed by atoms with Gasteiger partial charge in [0.2, 0.25) is 10.0 Å². The molecule has 0 bridgehead atoms. The van der Waals surface area contributed by atoms with Crippen molar-refractivity contribution >= 4 is 26.7 Å². The third-order valence-corrected chi connectivity index (χ3v) is 7.37. The molecule has 0 amide bonds. The second-order valence-electron chi connectivity index (χ2n) is 7.97. The topological polar surface area (TPSA) is 98.1 Å². The van der Waals surface area contributed by atoms with E-state index in [2.05, 4.69) is 9.71 Å². The third-order valence-electron chi connectivity index (χ3n) is 5.50. The van der Waals surface area contributed by atoms with Crippen molar-refractivity contribution in [3.63, 3.8) is 0 Å². The van der Waals surface area contributed by atoms with Gasteiger partial charge in [0.15, 0.2) is 11.6 Å². The van der Waals surface area contributed by atoms with Crippen LogP contribution in [0.4, 0.5) is 14.5 Å². The van der Waals surface area contributed by atoms with E-state index < -0.39 is 26.9 Å². The number of rotatable bonds is 6. The summed E-state index contributed by atoms with van der Waals surface area (Å²) in [7, 11) is -3.52. The molecule has 2 N–H and O–H groups in total. The first-order valence-electron chi connectivity index (χ1n) is 10.2. The molecule has 1 aliphatic rings. The molecule has 2 heterocycles. The predicted octanol–water partition coefficient (Wildman–Crippen LogP) is 4.75. The van der Waals surface area contributed by atoms with Gasteiger partial charge in [-0.2, -0.15) is 0 Å². The minimum atomic E-state index is -3.52. The number of anilines is 1. The lowest BCUT2D eigenvalue weighted by Crippen LogP contribution is -2.31. The highest BCUT2D eigenvalue weighted by Crippen LogP contribution is 2.40. The molecule has 0 radical (unpaired) electrons. The molecule has 1 saturated carbocycles. The first-order chi connectivity index (χ1) is 15.7. The fourth-order valence-electron chi connectivity index (χ4n) is 3.69. The molecule has 1 fully saturated rings. The molecule has 2 aromatic carbocycles. The maximum absolute atomic E-state index is 14.3. The molecule has 0 aliphatic heterocycles. The van der Waals surface area contributed by atoms with E-state index in [1.54, 1.807) is 31.3 Å². The van der Waals surface area contributed by atoms with E-state index in [0.29, 0.717) is 52.4 Å². The van der Waals surface area contributed by atoms with E-state index in [-0.39, 0.29) is 11.5 Å². The van der Waals surface area contributed by atoms with Crippen molar-refractivity contribution in [1.82, 2.24) is 4.98 Å². The Labute approximate surface area is 188 Å². The molecule has 5 rings (SSSR count). The number of sulfonamides is 1. The van der Waals surface area contributed by atoms with Gasteiger partial charge in [-0.3, -0.25) is 4.72 Å². The van der Waals surface area contributed by atoms with Crippen LogP contribution in [-0.4, -0.2) is 18.7 Å². The van der Waals surface area contributed by atoms with Gasteiger partial charge in [0.05, 0.1) is 16.8 Å². The van der Waals surface area contributed by atoms with E-state index in [1.807, 2.05) is 0 Å². The van der Waals surface area contributed by atoms with E-state index >= 15 is 0 Å². The largest absolute Gasteiger partial charge is 0.710 e. The van der Waals surface area contributed by atoms with Crippen molar-refractivity contribution in [3.8, 4) is 22.6 Å². The van der Waals surface area contributed by atoms with Crippen molar-refractivity contribution in [1.29, 1.82) is 0 Å². The van der Waals surface area contributed by atoms with Gasteiger partial charge in [0.25, 0.3) is 5.65 Å². The Kier molecular flexibility index (Phi) is 4.97. The molecule has 4 aromatic rings. The van der Waals surface area contributed by atoms with E-state index in [1.165, 1.54) is 18.2 Å². The third kappa shape index (κ3) is 3.97. The number of H-pyrrole nitrogens is 1. The summed E-state index contributed by atoms with van der Waals surface area (Å²) in [6.45, 7) is 1.64. The number of ether oxygens (including phenoxy) is 1. The molecule has 2 aromatic heterocycles. The molecule has 0 spiro atoms. The summed E-state index contributed by atoms with van der Waals surface area (Å²) in [4.78, 5) is 2.90. The van der Waals surface area contributed by atoms with Crippen molar-refractivity contribution in [2.45, 2.75) is 25.0 Å². The number of nitrogens with one attached hydrogen (secondary N) is 2. The summed E-state index contributed by atoms with van der Waals surface area (Å²) in [6.07, 6.45) is 2.83. The van der Waals surface area contributed by atoms with Gasteiger partial charge in [-0.05, 0) is 62.2 Å². The highest BCUT2D eigenvalue weighted by molar-refractivity contribution is 7.93. The van der Waals surface area contributed by atoms with Crippen molar-refractivity contribution < 1.29 is 26.7 Å². The van der Waals surface area contributed by atoms with Crippen LogP contribution in [0, 0.1) is 23.8 Å². The summed E-state index contributed by atoms with van der Waals surface area (Å²) in [5.41, 5.74) is 2.03. The van der Waals surface area contributed by atoms with Crippen molar-refractivity contribution in [2.75, 3.05) is 4.72 Å². The summed E-state index contributed by atoms with van der Waals surface area (Å²) < 4.78 is 61.6. The highest BCUT2D eigenvalue weighted by Gasteiger charge is 2.35. The first kappa shape index (κ1) is 21.2. The summed E-state index contributed by atoms with van der Waals surface area (Å²) in [5.74, 6) is -1.60. The lowest BCUT2D eigenvalue weighted by Gasteiger charge is -2.17. The van der Waals surface area contributed by atoms with Crippen LogP contribution in [0.3, 0.4) is 0 Å². The molecule has 0 saturated heterocycles. The van der Waals surface area contributed by atoms with Crippen LogP contribution in [0.25, 0.3) is 22.2 Å². The van der Waals surface area contributed by atoms with E-state index in [4.69, 9.17) is 4.74 Å². The van der Waals surface area contributed by atoms with Crippen LogP contribution in [0.5, 0.6) is 11.5 Å². The van der Waals surface area contributed by atoms with Crippen LogP contribution in [0.15, 0.2) is 54.7 Å². The van der Waals surface area contributed by atoms with Gasteiger partial charge >= 0.3 is 0 Å². The Balaban J connectivity index is 1.67. The smallest absolute Gasteiger partial charge is 0.290 e. The van der Waals surface area contributed by atoms with Crippen molar-refractivity contribution in [3.05, 3.63) is 77.3 Å². The molecular formula is C23H19F2N3O4S. The number of fused-ring (bicyclic) bond motifs is 1. The fourth-order valence-corrected chi connectivity index (χ4v) is 5.06. The molecule has 0 atom stereocenters. The van der Waals surface area contributed by atoms with E-state index in [9.17, 15) is 22.4 Å². The average Bonchev–Trinajstić information content (AvgIpc) is 3.52. The standard InChI is InChI=1S/C23H19F2N3O4S/c1-13-10-18(17-8-9-26-23(17)28(13)29)19-12-15(27-33(30,31)16-4-5-16)3-7-21(19)32-22-6-2-14(24)11-20(22)25/h2-3,6-12,16,26-27H,4-5H2,1H3. The molecule has 10 heteroatoms. The second kappa shape index (κ2) is 7.73. The molecule has 170 valence electrons. The first-order valence-corrected chi connectivity index (χ1v) is 11.8.